The van der Waals surface area contributed by atoms with Gasteiger partial charge in [0.2, 0.25) is 0 Å². The summed E-state index contributed by atoms with van der Waals surface area (Å²) in [5.41, 5.74) is 1.20. The number of nitrogens with one attached hydrogen (secondary N) is 2. The van der Waals surface area contributed by atoms with E-state index in [-0.39, 0.29) is 6.03 Å². The Morgan fingerprint density at radius 3 is 3.04 bits per heavy atom. The minimum atomic E-state index is -0.166. The van der Waals surface area contributed by atoms with Crippen LogP contribution in [0.4, 0.5) is 4.79 Å². The summed E-state index contributed by atoms with van der Waals surface area (Å²) in [5.74, 6) is 1.13. The minimum absolute atomic E-state index is 0.166. The van der Waals surface area contributed by atoms with Gasteiger partial charge in [-0.15, -0.1) is 0 Å². The van der Waals surface area contributed by atoms with Crippen LogP contribution in [0.25, 0.3) is 0 Å². The molecule has 2 aromatic rings. The van der Waals surface area contributed by atoms with Crippen LogP contribution in [0.2, 0.25) is 0 Å². The van der Waals surface area contributed by atoms with E-state index < -0.39 is 0 Å². The molecule has 2 atom stereocenters. The van der Waals surface area contributed by atoms with E-state index in [9.17, 15) is 4.79 Å². The van der Waals surface area contributed by atoms with Crippen molar-refractivity contribution in [2.24, 2.45) is 5.92 Å². The molecular formula is C17H22N4O2. The monoisotopic (exact) mass is 314 g/mol. The van der Waals surface area contributed by atoms with Gasteiger partial charge in [0.25, 0.3) is 0 Å². The van der Waals surface area contributed by atoms with Crippen LogP contribution in [0.5, 0.6) is 0 Å². The van der Waals surface area contributed by atoms with Crippen molar-refractivity contribution in [2.45, 2.75) is 19.0 Å². The second kappa shape index (κ2) is 7.28. The zero-order valence-electron chi connectivity index (χ0n) is 13.2. The Morgan fingerprint density at radius 1 is 1.39 bits per heavy atom. The molecule has 0 spiro atoms. The van der Waals surface area contributed by atoms with Gasteiger partial charge in [-0.3, -0.25) is 9.88 Å². The molecule has 0 radical (unpaired) electrons. The van der Waals surface area contributed by atoms with Crippen molar-refractivity contribution >= 4 is 6.03 Å². The van der Waals surface area contributed by atoms with Crippen LogP contribution in [0, 0.1) is 5.92 Å². The first-order chi connectivity index (χ1) is 11.2. The van der Waals surface area contributed by atoms with Gasteiger partial charge in [-0.25, -0.2) is 4.79 Å². The van der Waals surface area contributed by atoms with Crippen LogP contribution in [0.3, 0.4) is 0 Å². The maximum Gasteiger partial charge on any atom is 0.315 e. The summed E-state index contributed by atoms with van der Waals surface area (Å²) < 4.78 is 5.19. The Balaban J connectivity index is 1.51. The molecule has 1 aliphatic heterocycles. The van der Waals surface area contributed by atoms with Gasteiger partial charge in [0.1, 0.15) is 5.76 Å². The third kappa shape index (κ3) is 3.90. The first-order valence-corrected chi connectivity index (χ1v) is 7.88. The molecule has 23 heavy (non-hydrogen) atoms. The Morgan fingerprint density at radius 2 is 2.30 bits per heavy atom. The summed E-state index contributed by atoms with van der Waals surface area (Å²) in [6.07, 6.45) is 6.36. The molecule has 0 bridgehead atoms. The van der Waals surface area contributed by atoms with Gasteiger partial charge in [-0.05, 0) is 49.7 Å². The number of pyridine rings is 1. The highest BCUT2D eigenvalue weighted by atomic mass is 16.3. The topological polar surface area (TPSA) is 70.4 Å². The standard InChI is InChI=1S/C17H22N4O2/c1-21-8-6-14(16(21)13-4-2-7-18-10-13)11-19-17(22)20-12-15-5-3-9-23-15/h2-5,7,9-10,14,16H,6,8,11-12H2,1H3,(H2,19,20,22)/t14-,16-/m0/s1. The quantitative estimate of drug-likeness (QED) is 0.887. The van der Waals surface area contributed by atoms with E-state index in [0.717, 1.165) is 18.7 Å². The molecule has 1 fully saturated rings. The molecule has 6 heteroatoms. The van der Waals surface area contributed by atoms with Crippen LogP contribution < -0.4 is 10.6 Å². The molecule has 2 N–H and O–H groups in total. The van der Waals surface area contributed by atoms with Gasteiger partial charge in [0, 0.05) is 25.0 Å². The molecule has 2 aromatic heterocycles. The zero-order valence-corrected chi connectivity index (χ0v) is 13.2. The second-order valence-corrected chi connectivity index (χ2v) is 5.90. The van der Waals surface area contributed by atoms with E-state index in [4.69, 9.17) is 4.42 Å². The van der Waals surface area contributed by atoms with Crippen molar-refractivity contribution in [3.63, 3.8) is 0 Å². The fourth-order valence-electron chi connectivity index (χ4n) is 3.18. The lowest BCUT2D eigenvalue weighted by atomic mass is 9.95. The summed E-state index contributed by atoms with van der Waals surface area (Å²) in [6, 6.07) is 7.84. The van der Waals surface area contributed by atoms with Crippen molar-refractivity contribution in [3.05, 3.63) is 54.2 Å². The molecule has 0 saturated carbocycles. The second-order valence-electron chi connectivity index (χ2n) is 5.90. The zero-order chi connectivity index (χ0) is 16.1. The average molecular weight is 314 g/mol. The number of amides is 2. The normalized spacial score (nSPS) is 21.3. The van der Waals surface area contributed by atoms with Crippen LogP contribution in [-0.2, 0) is 6.54 Å². The van der Waals surface area contributed by atoms with E-state index in [1.807, 2.05) is 24.4 Å². The Bertz CT molecular complexity index is 615. The van der Waals surface area contributed by atoms with Crippen LogP contribution in [0.1, 0.15) is 23.8 Å². The number of hydrogen-bond acceptors (Lipinski definition) is 4. The minimum Gasteiger partial charge on any atom is -0.467 e. The maximum absolute atomic E-state index is 11.9. The van der Waals surface area contributed by atoms with Gasteiger partial charge in [-0.1, -0.05) is 6.07 Å². The number of aromatic nitrogens is 1. The predicted molar refractivity (Wildman–Crippen MR) is 86.7 cm³/mol. The SMILES string of the molecule is CN1CC[C@@H](CNC(=O)NCc2ccco2)[C@@H]1c1cccnc1. The molecule has 0 aliphatic carbocycles. The van der Waals surface area contributed by atoms with E-state index in [1.165, 1.54) is 5.56 Å². The van der Waals surface area contributed by atoms with E-state index >= 15 is 0 Å². The largest absolute Gasteiger partial charge is 0.467 e. The fraction of sp³-hybridized carbons (Fsp3) is 0.412. The number of hydrogen-bond donors (Lipinski definition) is 2. The average Bonchev–Trinajstić information content (AvgIpc) is 3.21. The number of carbonyl (C=O) groups is 1. The van der Waals surface area contributed by atoms with Crippen LogP contribution in [-0.4, -0.2) is 36.1 Å². The summed E-state index contributed by atoms with van der Waals surface area (Å²) in [5, 5.41) is 5.77. The van der Waals surface area contributed by atoms with Crippen molar-refractivity contribution in [2.75, 3.05) is 20.1 Å². The van der Waals surface area contributed by atoms with E-state index in [0.29, 0.717) is 25.0 Å². The third-order valence-electron chi connectivity index (χ3n) is 4.33. The first-order valence-electron chi connectivity index (χ1n) is 7.88. The molecule has 0 unspecified atom stereocenters. The number of likely N-dealkylation sites (tertiary alicyclic amines) is 1. The number of urea groups is 1. The fourth-order valence-corrected chi connectivity index (χ4v) is 3.18. The van der Waals surface area contributed by atoms with E-state index in [2.05, 4.69) is 33.6 Å². The molecule has 6 nitrogen and oxygen atoms in total. The Labute approximate surface area is 135 Å². The van der Waals surface area contributed by atoms with Gasteiger partial charge in [0.05, 0.1) is 12.8 Å². The van der Waals surface area contributed by atoms with E-state index in [1.54, 1.807) is 12.5 Å². The van der Waals surface area contributed by atoms with Crippen LogP contribution in [0.15, 0.2) is 47.3 Å². The molecule has 3 rings (SSSR count). The third-order valence-corrected chi connectivity index (χ3v) is 4.33. The Hall–Kier alpha value is -2.34. The number of rotatable bonds is 5. The molecule has 1 saturated heterocycles. The van der Waals surface area contributed by atoms with Crippen molar-refractivity contribution in [1.29, 1.82) is 0 Å². The number of nitrogens with zero attached hydrogens (tertiary/aromatic N) is 2. The van der Waals surface area contributed by atoms with Crippen molar-refractivity contribution in [1.82, 2.24) is 20.5 Å². The van der Waals surface area contributed by atoms with Gasteiger partial charge < -0.3 is 15.1 Å². The summed E-state index contributed by atoms with van der Waals surface area (Å²) in [7, 11) is 2.12. The molecule has 2 amide bonds. The number of carbonyl (C=O) groups excluding carboxylic acids is 1. The van der Waals surface area contributed by atoms with Gasteiger partial charge in [-0.2, -0.15) is 0 Å². The van der Waals surface area contributed by atoms with Crippen LogP contribution >= 0.6 is 0 Å². The van der Waals surface area contributed by atoms with Gasteiger partial charge in [0.15, 0.2) is 0 Å². The summed E-state index contributed by atoms with van der Waals surface area (Å²) in [4.78, 5) is 18.5. The molecular weight excluding hydrogens is 292 g/mol. The summed E-state index contributed by atoms with van der Waals surface area (Å²) in [6.45, 7) is 2.07. The van der Waals surface area contributed by atoms with Gasteiger partial charge >= 0.3 is 6.03 Å². The molecule has 1 aliphatic rings. The molecule has 0 aromatic carbocycles. The highest BCUT2D eigenvalue weighted by Gasteiger charge is 2.33. The maximum atomic E-state index is 11.9. The lowest BCUT2D eigenvalue weighted by molar-refractivity contribution is 0.232. The number of furan rings is 1. The smallest absolute Gasteiger partial charge is 0.315 e. The highest BCUT2D eigenvalue weighted by Crippen LogP contribution is 2.35. The van der Waals surface area contributed by atoms with Crippen molar-refractivity contribution in [3.8, 4) is 0 Å². The Kier molecular flexibility index (Phi) is 4.92. The predicted octanol–water partition coefficient (Wildman–Crippen LogP) is 2.17. The lowest BCUT2D eigenvalue weighted by Crippen LogP contribution is -2.39. The lowest BCUT2D eigenvalue weighted by Gasteiger charge is -2.25. The first kappa shape index (κ1) is 15.6. The summed E-state index contributed by atoms with van der Waals surface area (Å²) >= 11 is 0. The molecule has 3 heterocycles. The highest BCUT2D eigenvalue weighted by molar-refractivity contribution is 5.73. The van der Waals surface area contributed by atoms with Crippen molar-refractivity contribution < 1.29 is 9.21 Å². The molecule has 122 valence electrons.